The van der Waals surface area contributed by atoms with Gasteiger partial charge in [0.2, 0.25) is 11.0 Å². The monoisotopic (exact) mass is 384 g/mol. The van der Waals surface area contributed by atoms with E-state index in [2.05, 4.69) is 15.2 Å². The second-order valence-electron chi connectivity index (χ2n) is 5.64. The van der Waals surface area contributed by atoms with Gasteiger partial charge in [0.15, 0.2) is 16.5 Å². The van der Waals surface area contributed by atoms with E-state index in [-0.39, 0.29) is 12.3 Å². The minimum Gasteiger partial charge on any atom is -0.493 e. The number of pyridine rings is 1. The largest absolute Gasteiger partial charge is 0.493 e. The zero-order valence-electron chi connectivity index (χ0n) is 15.4. The Hall–Kier alpha value is -3.00. The van der Waals surface area contributed by atoms with Gasteiger partial charge in [0.1, 0.15) is 0 Å². The number of hydrogen-bond acceptors (Lipinski definition) is 7. The van der Waals surface area contributed by atoms with Gasteiger partial charge in [-0.3, -0.25) is 14.7 Å². The van der Waals surface area contributed by atoms with Crippen LogP contribution in [0.15, 0.2) is 42.7 Å². The molecule has 2 heterocycles. The molecule has 0 saturated heterocycles. The van der Waals surface area contributed by atoms with Crippen LogP contribution in [-0.4, -0.2) is 41.9 Å². The van der Waals surface area contributed by atoms with E-state index in [4.69, 9.17) is 9.47 Å². The third kappa shape index (κ3) is 4.22. The highest BCUT2D eigenvalue weighted by Gasteiger charge is 2.20. The van der Waals surface area contributed by atoms with Gasteiger partial charge in [0.05, 0.1) is 20.6 Å². The number of carbonyl (C=O) groups excluding carboxylic acids is 1. The van der Waals surface area contributed by atoms with Gasteiger partial charge in [-0.15, -0.1) is 10.2 Å². The molecule has 140 valence electrons. The molecule has 0 fully saturated rings. The maximum absolute atomic E-state index is 12.8. The van der Waals surface area contributed by atoms with Crippen LogP contribution in [0.5, 0.6) is 11.5 Å². The second-order valence-corrected chi connectivity index (χ2v) is 6.59. The smallest absolute Gasteiger partial charge is 0.233 e. The first kappa shape index (κ1) is 18.8. The number of amides is 1. The van der Waals surface area contributed by atoms with Crippen molar-refractivity contribution < 1.29 is 14.3 Å². The van der Waals surface area contributed by atoms with Crippen LogP contribution < -0.4 is 14.4 Å². The van der Waals surface area contributed by atoms with Gasteiger partial charge >= 0.3 is 0 Å². The predicted molar refractivity (Wildman–Crippen MR) is 104 cm³/mol. The van der Waals surface area contributed by atoms with Gasteiger partial charge in [0.25, 0.3) is 0 Å². The second kappa shape index (κ2) is 8.59. The van der Waals surface area contributed by atoms with Crippen molar-refractivity contribution in [2.45, 2.75) is 13.3 Å². The highest BCUT2D eigenvalue weighted by atomic mass is 32.1. The Morgan fingerprint density at radius 3 is 2.63 bits per heavy atom. The summed E-state index contributed by atoms with van der Waals surface area (Å²) < 4.78 is 10.5. The summed E-state index contributed by atoms with van der Waals surface area (Å²) in [5.41, 5.74) is 1.72. The molecule has 0 atom stereocenters. The van der Waals surface area contributed by atoms with Crippen LogP contribution in [0.25, 0.3) is 10.6 Å². The van der Waals surface area contributed by atoms with E-state index in [9.17, 15) is 4.79 Å². The number of hydrogen-bond donors (Lipinski definition) is 0. The molecule has 0 aliphatic carbocycles. The van der Waals surface area contributed by atoms with E-state index >= 15 is 0 Å². The van der Waals surface area contributed by atoms with Crippen LogP contribution in [0, 0.1) is 0 Å². The summed E-state index contributed by atoms with van der Waals surface area (Å²) >= 11 is 1.37. The molecule has 1 aromatic carbocycles. The fourth-order valence-corrected chi connectivity index (χ4v) is 3.53. The average molecular weight is 384 g/mol. The molecule has 1 amide bonds. The van der Waals surface area contributed by atoms with Crippen molar-refractivity contribution in [2.75, 3.05) is 25.7 Å². The molecule has 0 bridgehead atoms. The normalized spacial score (nSPS) is 10.5. The number of nitrogens with zero attached hydrogens (tertiary/aromatic N) is 4. The number of aromatic nitrogens is 3. The molecule has 0 aliphatic rings. The Balaban J connectivity index is 1.78. The average Bonchev–Trinajstić information content (AvgIpc) is 3.19. The standard InChI is InChI=1S/C19H20N4O3S/c1-4-23(19-22-21-18(27-19)14-6-5-9-20-12-14)17(24)11-13-7-8-15(25-2)16(10-13)26-3/h5-10,12H,4,11H2,1-3H3. The van der Waals surface area contributed by atoms with Crippen molar-refractivity contribution in [3.05, 3.63) is 48.3 Å². The van der Waals surface area contributed by atoms with Gasteiger partial charge in [-0.05, 0) is 36.8 Å². The SMILES string of the molecule is CCN(C(=O)Cc1ccc(OC)c(OC)c1)c1nnc(-c2cccnc2)s1. The summed E-state index contributed by atoms with van der Waals surface area (Å²) in [6.45, 7) is 2.42. The Kier molecular flexibility index (Phi) is 5.97. The number of anilines is 1. The third-order valence-electron chi connectivity index (χ3n) is 3.97. The summed E-state index contributed by atoms with van der Waals surface area (Å²) in [6, 6.07) is 9.22. The van der Waals surface area contributed by atoms with Crippen molar-refractivity contribution in [2.24, 2.45) is 0 Å². The molecule has 2 aromatic heterocycles. The zero-order chi connectivity index (χ0) is 19.2. The van der Waals surface area contributed by atoms with Gasteiger partial charge in [-0.2, -0.15) is 0 Å². The quantitative estimate of drug-likeness (QED) is 0.622. The lowest BCUT2D eigenvalue weighted by Gasteiger charge is -2.17. The Morgan fingerprint density at radius 1 is 1.15 bits per heavy atom. The predicted octanol–water partition coefficient (Wildman–Crippen LogP) is 3.21. The van der Waals surface area contributed by atoms with Gasteiger partial charge in [-0.1, -0.05) is 17.4 Å². The molecular formula is C19H20N4O3S. The summed E-state index contributed by atoms with van der Waals surface area (Å²) in [7, 11) is 3.15. The van der Waals surface area contributed by atoms with Crippen LogP contribution in [0.4, 0.5) is 5.13 Å². The molecule has 8 heteroatoms. The van der Waals surface area contributed by atoms with E-state index in [1.807, 2.05) is 31.2 Å². The topological polar surface area (TPSA) is 77.4 Å². The molecule has 0 saturated carbocycles. The summed E-state index contributed by atoms with van der Waals surface area (Å²) in [4.78, 5) is 18.6. The number of methoxy groups -OCH3 is 2. The molecule has 27 heavy (non-hydrogen) atoms. The first-order valence-electron chi connectivity index (χ1n) is 8.41. The van der Waals surface area contributed by atoms with Crippen LogP contribution in [0.1, 0.15) is 12.5 Å². The van der Waals surface area contributed by atoms with Crippen molar-refractivity contribution in [3.8, 4) is 22.1 Å². The molecule has 0 radical (unpaired) electrons. The maximum Gasteiger partial charge on any atom is 0.233 e. The van der Waals surface area contributed by atoms with Gasteiger partial charge in [-0.25, -0.2) is 0 Å². The molecule has 0 N–H and O–H groups in total. The van der Waals surface area contributed by atoms with E-state index in [0.29, 0.717) is 23.2 Å². The van der Waals surface area contributed by atoms with Crippen LogP contribution >= 0.6 is 11.3 Å². The first-order chi connectivity index (χ1) is 13.2. The van der Waals surface area contributed by atoms with E-state index < -0.39 is 0 Å². The minimum atomic E-state index is -0.0568. The van der Waals surface area contributed by atoms with E-state index in [0.717, 1.165) is 16.1 Å². The maximum atomic E-state index is 12.8. The van der Waals surface area contributed by atoms with Crippen LogP contribution in [0.2, 0.25) is 0 Å². The number of rotatable bonds is 7. The first-order valence-corrected chi connectivity index (χ1v) is 9.23. The van der Waals surface area contributed by atoms with Crippen molar-refractivity contribution in [1.29, 1.82) is 0 Å². The number of carbonyl (C=O) groups is 1. The van der Waals surface area contributed by atoms with Crippen LogP contribution in [-0.2, 0) is 11.2 Å². The highest BCUT2D eigenvalue weighted by Crippen LogP contribution is 2.30. The summed E-state index contributed by atoms with van der Waals surface area (Å²) in [6.07, 6.45) is 3.67. The van der Waals surface area contributed by atoms with E-state index in [1.54, 1.807) is 37.6 Å². The lowest BCUT2D eigenvalue weighted by Crippen LogP contribution is -2.31. The fraction of sp³-hybridized carbons (Fsp3) is 0.263. The highest BCUT2D eigenvalue weighted by molar-refractivity contribution is 7.18. The van der Waals surface area contributed by atoms with Gasteiger partial charge in [0, 0.05) is 24.5 Å². The number of benzene rings is 1. The van der Waals surface area contributed by atoms with Crippen molar-refractivity contribution in [1.82, 2.24) is 15.2 Å². The van der Waals surface area contributed by atoms with E-state index in [1.165, 1.54) is 11.3 Å². The number of ether oxygens (including phenoxy) is 2. The molecule has 3 aromatic rings. The molecule has 7 nitrogen and oxygen atoms in total. The van der Waals surface area contributed by atoms with Crippen LogP contribution in [0.3, 0.4) is 0 Å². The summed E-state index contributed by atoms with van der Waals surface area (Å²) in [5.74, 6) is 1.17. The molecule has 0 spiro atoms. The lowest BCUT2D eigenvalue weighted by atomic mass is 10.1. The van der Waals surface area contributed by atoms with Crippen molar-refractivity contribution >= 4 is 22.4 Å². The molecule has 0 aliphatic heterocycles. The van der Waals surface area contributed by atoms with Gasteiger partial charge < -0.3 is 9.47 Å². The fourth-order valence-electron chi connectivity index (χ4n) is 2.61. The Bertz CT molecular complexity index is 914. The Morgan fingerprint density at radius 2 is 1.96 bits per heavy atom. The molecular weight excluding hydrogens is 364 g/mol. The molecule has 3 rings (SSSR count). The minimum absolute atomic E-state index is 0.0568. The Labute approximate surface area is 161 Å². The zero-order valence-corrected chi connectivity index (χ0v) is 16.2. The van der Waals surface area contributed by atoms with Crippen molar-refractivity contribution in [3.63, 3.8) is 0 Å². The number of likely N-dealkylation sites (N-methyl/N-ethyl adjacent to an activating group) is 1. The third-order valence-corrected chi connectivity index (χ3v) is 4.97. The summed E-state index contributed by atoms with van der Waals surface area (Å²) in [5, 5.41) is 9.68. The lowest BCUT2D eigenvalue weighted by molar-refractivity contribution is -0.117. The molecule has 0 unspecified atom stereocenters.